The normalized spacial score (nSPS) is 33.2. The summed E-state index contributed by atoms with van der Waals surface area (Å²) in [6.45, 7) is 2.59. The zero-order valence-electron chi connectivity index (χ0n) is 13.1. The van der Waals surface area contributed by atoms with Crippen LogP contribution in [0.3, 0.4) is 0 Å². The predicted molar refractivity (Wildman–Crippen MR) is 83.8 cm³/mol. The fourth-order valence-corrected chi connectivity index (χ4v) is 4.29. The average molecular weight is 526 g/mol. The van der Waals surface area contributed by atoms with Crippen molar-refractivity contribution in [3.05, 3.63) is 36.3 Å². The van der Waals surface area contributed by atoms with E-state index < -0.39 is 0 Å². The third-order valence-corrected chi connectivity index (χ3v) is 5.57. The molecule has 2 aliphatic rings. The molecule has 1 aromatic carbocycles. The number of rotatable bonds is 2. The third kappa shape index (κ3) is 3.26. The number of ether oxygens (including phenoxy) is 3. The molecule has 2 fully saturated rings. The summed E-state index contributed by atoms with van der Waals surface area (Å²) >= 11 is 0.807. The standard InChI is InChI=1S/C16H17FN3O3.Pb/c1-10-5-14(16-15(23-10)8-21-9-22-16)20-7-13(18-19-20)11-3-2-4-12(17)6-11;/h2-4,6-7,9-10,14-16H,5,8H2,1H3;. The van der Waals surface area contributed by atoms with Gasteiger partial charge in [-0.15, -0.1) is 0 Å². The molecular formula is C16H17FN3O3Pb. The summed E-state index contributed by atoms with van der Waals surface area (Å²) in [7, 11) is 0. The number of halogens is 1. The van der Waals surface area contributed by atoms with Gasteiger partial charge in [0.1, 0.15) is 0 Å². The Balaban J connectivity index is 1.62. The van der Waals surface area contributed by atoms with E-state index in [2.05, 4.69) is 10.3 Å². The molecule has 2 aromatic rings. The van der Waals surface area contributed by atoms with E-state index >= 15 is 0 Å². The van der Waals surface area contributed by atoms with Gasteiger partial charge in [-0.25, -0.2) is 0 Å². The molecule has 0 spiro atoms. The number of aromatic nitrogens is 3. The first kappa shape index (κ1) is 16.6. The molecule has 3 radical (unpaired) electrons. The van der Waals surface area contributed by atoms with Crippen LogP contribution in [0.4, 0.5) is 4.39 Å². The van der Waals surface area contributed by atoms with Crippen molar-refractivity contribution in [1.82, 2.24) is 15.0 Å². The second kappa shape index (κ2) is 6.77. The van der Waals surface area contributed by atoms with E-state index in [1.807, 2.05) is 23.9 Å². The van der Waals surface area contributed by atoms with Crippen LogP contribution in [-0.2, 0) is 14.2 Å². The summed E-state index contributed by atoms with van der Waals surface area (Å²) in [5, 5.41) is 8.49. The number of hydrogen-bond acceptors (Lipinski definition) is 5. The molecule has 0 amide bonds. The summed E-state index contributed by atoms with van der Waals surface area (Å²) in [5.74, 6) is -0.284. The molecule has 125 valence electrons. The molecule has 2 saturated heterocycles. The molecule has 5 unspecified atom stereocenters. The Morgan fingerprint density at radius 1 is 1.33 bits per heavy atom. The Labute approximate surface area is 155 Å². The molecule has 3 heterocycles. The molecule has 0 aliphatic carbocycles. The summed E-state index contributed by atoms with van der Waals surface area (Å²) in [5.41, 5.74) is 1.37. The molecule has 8 heteroatoms. The monoisotopic (exact) mass is 526 g/mol. The van der Waals surface area contributed by atoms with Crippen LogP contribution in [0.5, 0.6) is 0 Å². The van der Waals surface area contributed by atoms with Crippen molar-refractivity contribution in [2.24, 2.45) is 0 Å². The quantitative estimate of drug-likeness (QED) is 0.559. The van der Waals surface area contributed by atoms with Crippen LogP contribution in [0.2, 0.25) is 0 Å². The number of hydrogen-bond donors (Lipinski definition) is 0. The summed E-state index contributed by atoms with van der Waals surface area (Å²) < 4.78 is 32.7. The minimum atomic E-state index is -0.284. The van der Waals surface area contributed by atoms with Crippen molar-refractivity contribution in [1.29, 1.82) is 0 Å². The number of nitrogens with zero attached hydrogens (tertiary/aromatic N) is 3. The van der Waals surface area contributed by atoms with Gasteiger partial charge in [0.05, 0.1) is 0 Å². The molecule has 0 N–H and O–H groups in total. The van der Waals surface area contributed by atoms with Crippen LogP contribution < -0.4 is 0 Å². The zero-order chi connectivity index (χ0) is 16.7. The van der Waals surface area contributed by atoms with Crippen molar-refractivity contribution in [2.45, 2.75) is 41.5 Å². The number of benzene rings is 1. The average Bonchev–Trinajstić information content (AvgIpc) is 3.04. The topological polar surface area (TPSA) is 58.4 Å². The number of fused-ring (bicyclic) bond motifs is 1. The fraction of sp³-hybridized carbons (Fsp3) is 0.500. The third-order valence-electron chi connectivity index (χ3n) is 4.39. The van der Waals surface area contributed by atoms with Crippen LogP contribution >= 0.6 is 0 Å². The van der Waals surface area contributed by atoms with Crippen LogP contribution in [0, 0.1) is 5.82 Å². The Bertz CT molecular complexity index is 728. The molecular weight excluding hydrogens is 508 g/mol. The van der Waals surface area contributed by atoms with Gasteiger partial charge in [0, 0.05) is 0 Å². The first-order valence-corrected chi connectivity index (χ1v) is 10.2. The van der Waals surface area contributed by atoms with E-state index in [1.54, 1.807) is 6.07 Å². The van der Waals surface area contributed by atoms with Crippen LogP contribution in [0.15, 0.2) is 30.5 Å². The van der Waals surface area contributed by atoms with Gasteiger partial charge in [-0.3, -0.25) is 0 Å². The Morgan fingerprint density at radius 3 is 3.04 bits per heavy atom. The van der Waals surface area contributed by atoms with Crippen LogP contribution in [0.25, 0.3) is 11.3 Å². The second-order valence-electron chi connectivity index (χ2n) is 6.15. The van der Waals surface area contributed by atoms with Crippen molar-refractivity contribution in [2.75, 3.05) is 6.61 Å². The van der Waals surface area contributed by atoms with E-state index in [1.165, 1.54) is 12.1 Å². The molecule has 4 rings (SSSR count). The molecule has 5 atom stereocenters. The van der Waals surface area contributed by atoms with Crippen molar-refractivity contribution in [3.63, 3.8) is 0 Å². The first-order valence-electron chi connectivity index (χ1n) is 7.91. The van der Waals surface area contributed by atoms with Gasteiger partial charge in [-0.2, -0.15) is 0 Å². The molecule has 6 nitrogen and oxygen atoms in total. The Kier molecular flexibility index (Phi) is 4.67. The van der Waals surface area contributed by atoms with E-state index in [-0.39, 0.29) is 34.0 Å². The van der Waals surface area contributed by atoms with Crippen molar-refractivity contribution >= 4 is 25.8 Å². The van der Waals surface area contributed by atoms with Gasteiger partial charge in [-0.05, 0) is 0 Å². The Hall–Kier alpha value is -0.908. The van der Waals surface area contributed by atoms with E-state index in [9.17, 15) is 4.39 Å². The predicted octanol–water partition coefficient (Wildman–Crippen LogP) is 1.67. The minimum absolute atomic E-state index is 0.0360. The van der Waals surface area contributed by atoms with Gasteiger partial charge in [-0.1, -0.05) is 0 Å². The Morgan fingerprint density at radius 2 is 2.21 bits per heavy atom. The van der Waals surface area contributed by atoms with Gasteiger partial charge >= 0.3 is 155 Å². The van der Waals surface area contributed by atoms with Crippen molar-refractivity contribution < 1.29 is 18.6 Å². The van der Waals surface area contributed by atoms with Crippen molar-refractivity contribution in [3.8, 4) is 11.3 Å². The van der Waals surface area contributed by atoms with Crippen LogP contribution in [0.1, 0.15) is 19.4 Å². The van der Waals surface area contributed by atoms with E-state index in [0.717, 1.165) is 32.2 Å². The second-order valence-corrected chi connectivity index (χ2v) is 7.98. The summed E-state index contributed by atoms with van der Waals surface area (Å²) in [6, 6.07) is 6.41. The summed E-state index contributed by atoms with van der Waals surface area (Å²) in [4.78, 5) is 0. The maximum atomic E-state index is 13.4. The van der Waals surface area contributed by atoms with Gasteiger partial charge in [0.25, 0.3) is 0 Å². The van der Waals surface area contributed by atoms with Crippen LogP contribution in [-0.4, -0.2) is 69.5 Å². The first-order chi connectivity index (χ1) is 11.6. The van der Waals surface area contributed by atoms with E-state index in [4.69, 9.17) is 14.2 Å². The van der Waals surface area contributed by atoms with E-state index in [0.29, 0.717) is 17.9 Å². The summed E-state index contributed by atoms with van der Waals surface area (Å²) in [6.07, 6.45) is 2.55. The zero-order valence-corrected chi connectivity index (χ0v) is 17.0. The SMILES string of the molecule is CC1CC(n2cc(-c3cccc(F)c3)nn2)C2O[CH]([Pb])OCC2O1. The maximum absolute atomic E-state index is 13.4. The van der Waals surface area contributed by atoms with Gasteiger partial charge in [0.2, 0.25) is 0 Å². The fourth-order valence-electron chi connectivity index (χ4n) is 3.31. The molecule has 0 bridgehead atoms. The molecule has 1 aromatic heterocycles. The molecule has 0 saturated carbocycles. The molecule has 2 aliphatic heterocycles. The molecule has 24 heavy (non-hydrogen) atoms. The van der Waals surface area contributed by atoms with Gasteiger partial charge in [0.15, 0.2) is 0 Å². The van der Waals surface area contributed by atoms with Gasteiger partial charge < -0.3 is 0 Å².